The number of nitrogens with two attached hydrogens (primary N) is 1. The number of aromatic nitrogens is 1. The Morgan fingerprint density at radius 1 is 1.18 bits per heavy atom. The predicted molar refractivity (Wildman–Crippen MR) is 108 cm³/mol. The molecular weight excluding hydrogens is 360 g/mol. The molecule has 2 aromatic rings. The minimum Gasteiger partial charge on any atom is -0.494 e. The average molecular weight is 390 g/mol. The first-order valence-corrected chi connectivity index (χ1v) is 9.96. The summed E-state index contributed by atoms with van der Waals surface area (Å²) in [6, 6.07) is 4.96. The van der Waals surface area contributed by atoms with Crippen LogP contribution in [-0.2, 0) is 4.79 Å². The number of aliphatic hydroxyl groups is 2. The van der Waals surface area contributed by atoms with Crippen molar-refractivity contribution in [1.82, 2.24) is 9.88 Å². The smallest absolute Gasteiger partial charge is 0.224 e. The fourth-order valence-corrected chi connectivity index (χ4v) is 3.77. The second-order valence-electron chi connectivity index (χ2n) is 7.40. The minimum atomic E-state index is -0.969. The monoisotopic (exact) mass is 390 g/mol. The number of piperidine rings is 1. The van der Waals surface area contributed by atoms with Crippen LogP contribution < -0.4 is 16.4 Å². The van der Waals surface area contributed by atoms with Crippen molar-refractivity contribution in [3.8, 4) is 5.88 Å². The van der Waals surface area contributed by atoms with Crippen molar-refractivity contribution < 1.29 is 20.1 Å². The zero-order valence-corrected chi connectivity index (χ0v) is 16.0. The Hall–Kier alpha value is -2.13. The normalized spacial score (nSPS) is 22.5. The summed E-state index contributed by atoms with van der Waals surface area (Å²) in [6.07, 6.45) is 5.26. The maximum absolute atomic E-state index is 12.3. The van der Waals surface area contributed by atoms with Gasteiger partial charge in [0.25, 0.3) is 0 Å². The van der Waals surface area contributed by atoms with E-state index in [1.54, 1.807) is 29.0 Å². The van der Waals surface area contributed by atoms with Crippen molar-refractivity contribution in [2.45, 2.75) is 63.4 Å². The molecule has 0 aliphatic carbocycles. The zero-order valence-electron chi connectivity index (χ0n) is 16.0. The maximum atomic E-state index is 12.3. The van der Waals surface area contributed by atoms with Crippen LogP contribution in [0.5, 0.6) is 5.88 Å². The zero-order chi connectivity index (χ0) is 20.1. The van der Waals surface area contributed by atoms with E-state index >= 15 is 0 Å². The number of anilines is 1. The van der Waals surface area contributed by atoms with Crippen LogP contribution in [0.3, 0.4) is 0 Å². The molecule has 1 aromatic heterocycles. The van der Waals surface area contributed by atoms with Gasteiger partial charge in [0, 0.05) is 23.4 Å². The first kappa shape index (κ1) is 20.6. The molecular formula is C20H30N4O4. The van der Waals surface area contributed by atoms with Gasteiger partial charge in [-0.05, 0) is 44.4 Å². The molecule has 3 unspecified atom stereocenters. The summed E-state index contributed by atoms with van der Waals surface area (Å²) >= 11 is 0. The molecule has 8 nitrogen and oxygen atoms in total. The number of nitrogens with zero attached hydrogens (tertiary/aromatic N) is 1. The summed E-state index contributed by atoms with van der Waals surface area (Å²) in [6.45, 7) is 0.679. The van der Waals surface area contributed by atoms with Gasteiger partial charge in [0.1, 0.15) is 12.5 Å². The van der Waals surface area contributed by atoms with Crippen molar-refractivity contribution in [2.24, 2.45) is 5.73 Å². The summed E-state index contributed by atoms with van der Waals surface area (Å²) in [7, 11) is 0. The topological polar surface area (TPSA) is 133 Å². The highest BCUT2D eigenvalue weighted by Crippen LogP contribution is 2.37. The summed E-state index contributed by atoms with van der Waals surface area (Å²) in [5, 5.41) is 37.4. The van der Waals surface area contributed by atoms with E-state index < -0.39 is 18.5 Å². The van der Waals surface area contributed by atoms with Crippen LogP contribution in [0.15, 0.2) is 24.4 Å². The third-order valence-corrected chi connectivity index (χ3v) is 5.31. The summed E-state index contributed by atoms with van der Waals surface area (Å²) in [5.74, 6) is -0.0231. The first-order valence-electron chi connectivity index (χ1n) is 9.96. The van der Waals surface area contributed by atoms with Gasteiger partial charge < -0.3 is 30.9 Å². The highest BCUT2D eigenvalue weighted by molar-refractivity contribution is 6.04. The second-order valence-corrected chi connectivity index (χ2v) is 7.40. The Labute approximate surface area is 164 Å². The lowest BCUT2D eigenvalue weighted by Crippen LogP contribution is -2.47. The quantitative estimate of drug-likeness (QED) is 0.381. The lowest BCUT2D eigenvalue weighted by atomic mass is 10.0. The summed E-state index contributed by atoms with van der Waals surface area (Å²) in [4.78, 5) is 12.3. The summed E-state index contributed by atoms with van der Waals surface area (Å²) < 4.78 is 1.61. The molecule has 1 aliphatic rings. The third kappa shape index (κ3) is 4.64. The highest BCUT2D eigenvalue weighted by Gasteiger charge is 2.30. The molecule has 3 rings (SSSR count). The van der Waals surface area contributed by atoms with E-state index in [2.05, 4.69) is 10.6 Å². The molecule has 1 amide bonds. The molecule has 1 fully saturated rings. The van der Waals surface area contributed by atoms with E-state index in [9.17, 15) is 20.1 Å². The van der Waals surface area contributed by atoms with E-state index in [0.29, 0.717) is 36.9 Å². The Kier molecular flexibility index (Phi) is 6.90. The van der Waals surface area contributed by atoms with Gasteiger partial charge in [0.2, 0.25) is 5.91 Å². The van der Waals surface area contributed by atoms with Crippen molar-refractivity contribution in [3.63, 3.8) is 0 Å². The fourth-order valence-electron chi connectivity index (χ4n) is 3.77. The SMILES string of the molecule is NCCCCCCC(=O)Nc1cccc2c(O)n(C3CCC(O)NC3O)cc12. The molecule has 28 heavy (non-hydrogen) atoms. The Morgan fingerprint density at radius 3 is 2.71 bits per heavy atom. The van der Waals surface area contributed by atoms with E-state index in [-0.39, 0.29) is 11.8 Å². The minimum absolute atomic E-state index is 0.0372. The molecule has 0 bridgehead atoms. The van der Waals surface area contributed by atoms with Gasteiger partial charge in [0.15, 0.2) is 5.88 Å². The van der Waals surface area contributed by atoms with Gasteiger partial charge in [-0.1, -0.05) is 18.9 Å². The van der Waals surface area contributed by atoms with Gasteiger partial charge in [-0.15, -0.1) is 0 Å². The number of hydrogen-bond donors (Lipinski definition) is 6. The largest absolute Gasteiger partial charge is 0.494 e. The van der Waals surface area contributed by atoms with Crippen LogP contribution in [0.2, 0.25) is 0 Å². The summed E-state index contributed by atoms with van der Waals surface area (Å²) in [5.41, 5.74) is 6.11. The van der Waals surface area contributed by atoms with Gasteiger partial charge >= 0.3 is 0 Å². The molecule has 154 valence electrons. The molecule has 8 heteroatoms. The molecule has 0 radical (unpaired) electrons. The number of aliphatic hydroxyl groups excluding tert-OH is 2. The average Bonchev–Trinajstić information content (AvgIpc) is 2.99. The highest BCUT2D eigenvalue weighted by atomic mass is 16.3. The standard InChI is InChI=1S/C20H30N4O4/c21-11-4-2-1-3-8-17(25)22-15-7-5-6-13-14(15)12-24(20(13)28)16-9-10-18(26)23-19(16)27/h5-7,12,16,18-19,23,26-28H,1-4,8-11,21H2,(H,22,25). The van der Waals surface area contributed by atoms with Crippen molar-refractivity contribution in [3.05, 3.63) is 24.4 Å². The van der Waals surface area contributed by atoms with E-state index in [0.717, 1.165) is 31.1 Å². The van der Waals surface area contributed by atoms with Gasteiger partial charge in [-0.3, -0.25) is 10.1 Å². The fraction of sp³-hybridized carbons (Fsp3) is 0.550. The number of carbonyl (C=O) groups is 1. The Morgan fingerprint density at radius 2 is 1.96 bits per heavy atom. The van der Waals surface area contributed by atoms with Gasteiger partial charge in [-0.25, -0.2) is 0 Å². The molecule has 1 aliphatic heterocycles. The van der Waals surface area contributed by atoms with E-state index in [1.807, 2.05) is 0 Å². The molecule has 2 heterocycles. The Bertz CT molecular complexity index is 807. The van der Waals surface area contributed by atoms with Crippen LogP contribution in [0, 0.1) is 0 Å². The first-order chi connectivity index (χ1) is 13.5. The van der Waals surface area contributed by atoms with Crippen LogP contribution in [-0.4, -0.2) is 44.8 Å². The van der Waals surface area contributed by atoms with Crippen LogP contribution in [0.25, 0.3) is 10.8 Å². The number of amides is 1. The lowest BCUT2D eigenvalue weighted by molar-refractivity contribution is -0.116. The predicted octanol–water partition coefficient (Wildman–Crippen LogP) is 1.76. The van der Waals surface area contributed by atoms with Crippen molar-refractivity contribution >= 4 is 22.4 Å². The Balaban J connectivity index is 1.73. The number of nitrogens with one attached hydrogen (secondary N) is 2. The van der Waals surface area contributed by atoms with Gasteiger partial charge in [0.05, 0.1) is 11.7 Å². The molecule has 1 aromatic carbocycles. The van der Waals surface area contributed by atoms with Crippen LogP contribution in [0.1, 0.15) is 51.0 Å². The van der Waals surface area contributed by atoms with E-state index in [4.69, 9.17) is 5.73 Å². The number of unbranched alkanes of at least 4 members (excludes halogenated alkanes) is 3. The molecule has 0 saturated carbocycles. The number of carbonyl (C=O) groups excluding carboxylic acids is 1. The van der Waals surface area contributed by atoms with Crippen molar-refractivity contribution in [1.29, 1.82) is 0 Å². The number of hydrogen-bond acceptors (Lipinski definition) is 6. The third-order valence-electron chi connectivity index (χ3n) is 5.31. The number of fused-ring (bicyclic) bond motifs is 1. The van der Waals surface area contributed by atoms with Crippen molar-refractivity contribution in [2.75, 3.05) is 11.9 Å². The van der Waals surface area contributed by atoms with Crippen LogP contribution >= 0.6 is 0 Å². The molecule has 3 atom stereocenters. The number of aromatic hydroxyl groups is 1. The number of benzene rings is 1. The maximum Gasteiger partial charge on any atom is 0.224 e. The molecule has 0 spiro atoms. The number of rotatable bonds is 8. The second kappa shape index (κ2) is 9.38. The van der Waals surface area contributed by atoms with E-state index in [1.165, 1.54) is 0 Å². The van der Waals surface area contributed by atoms with Crippen LogP contribution in [0.4, 0.5) is 5.69 Å². The molecule has 7 N–H and O–H groups in total. The lowest BCUT2D eigenvalue weighted by Gasteiger charge is -2.33. The van der Waals surface area contributed by atoms with Gasteiger partial charge in [-0.2, -0.15) is 0 Å². The molecule has 1 saturated heterocycles.